The maximum atomic E-state index is 13.7. The Balaban J connectivity index is 1.28. The van der Waals surface area contributed by atoms with E-state index in [4.69, 9.17) is 0 Å². The van der Waals surface area contributed by atoms with Gasteiger partial charge in [-0.1, -0.05) is 30.3 Å². The second kappa shape index (κ2) is 14.4. The quantitative estimate of drug-likeness (QED) is 0.146. The Bertz CT molecular complexity index is 1640. The lowest BCUT2D eigenvalue weighted by atomic mass is 9.85. The van der Waals surface area contributed by atoms with Crippen LogP contribution in [0.2, 0.25) is 0 Å². The van der Waals surface area contributed by atoms with Gasteiger partial charge in [0.1, 0.15) is 11.6 Å². The van der Waals surface area contributed by atoms with Crippen LogP contribution in [0.3, 0.4) is 0 Å². The Kier molecular flexibility index (Phi) is 9.98. The Labute approximate surface area is 257 Å². The zero-order chi connectivity index (χ0) is 30.9. The summed E-state index contributed by atoms with van der Waals surface area (Å²) >= 11 is 1.06. The highest BCUT2D eigenvalue weighted by molar-refractivity contribution is 7.10. The molecule has 0 saturated heterocycles. The third-order valence-corrected chi connectivity index (χ3v) is 7.61. The molecule has 0 aliphatic rings. The largest absolute Gasteiger partial charge is 0.335 e. The molecule has 0 bridgehead atoms. The minimum Gasteiger partial charge on any atom is -0.335 e. The first-order chi connectivity index (χ1) is 21.3. The second-order valence-electron chi connectivity index (χ2n) is 10.2. The summed E-state index contributed by atoms with van der Waals surface area (Å²) in [5, 5.41) is 8.88. The van der Waals surface area contributed by atoms with E-state index in [1.54, 1.807) is 54.7 Å². The summed E-state index contributed by atoms with van der Waals surface area (Å²) in [6.07, 6.45) is 3.35. The van der Waals surface area contributed by atoms with Crippen molar-refractivity contribution in [2.45, 2.75) is 38.1 Å². The van der Waals surface area contributed by atoms with Gasteiger partial charge in [-0.25, -0.2) is 13.6 Å². The summed E-state index contributed by atoms with van der Waals surface area (Å²) in [6.45, 7) is 1.44. The van der Waals surface area contributed by atoms with E-state index >= 15 is 0 Å². The van der Waals surface area contributed by atoms with Crippen molar-refractivity contribution < 1.29 is 18.4 Å². The van der Waals surface area contributed by atoms with Gasteiger partial charge >= 0.3 is 6.03 Å². The molecule has 0 fully saturated rings. The maximum Gasteiger partial charge on any atom is 0.321 e. The van der Waals surface area contributed by atoms with Crippen LogP contribution < -0.4 is 16.0 Å². The van der Waals surface area contributed by atoms with Crippen molar-refractivity contribution in [3.05, 3.63) is 126 Å². The van der Waals surface area contributed by atoms with Crippen molar-refractivity contribution in [3.63, 3.8) is 0 Å². The van der Waals surface area contributed by atoms with Gasteiger partial charge in [0.2, 0.25) is 11.0 Å². The Morgan fingerprint density at radius 1 is 0.818 bits per heavy atom. The van der Waals surface area contributed by atoms with Crippen molar-refractivity contribution in [2.24, 2.45) is 0 Å². The standard InChI is InChI=1S/C33H30F2N6O2S/c1-21(42)37-27-15-9-24(10-16-27)31-39-33(44-41-31)40-32(43)38-29(20-28-4-2-3-19-36-28)17-18-30(22-5-11-25(34)12-6-22)23-7-13-26(35)14-8-23/h2-16,19,29-30H,17-18,20H2,1H3,(H,37,42)(H2,38,39,40,41,43). The number of hydrogen-bond donors (Lipinski definition) is 3. The van der Waals surface area contributed by atoms with Crippen LogP contribution in [0, 0.1) is 11.6 Å². The monoisotopic (exact) mass is 612 g/mol. The highest BCUT2D eigenvalue weighted by Crippen LogP contribution is 2.31. The SMILES string of the molecule is CC(=O)Nc1ccc(-c2nsc(NC(=O)NC(CCC(c3ccc(F)cc3)c3ccc(F)cc3)Cc3ccccn3)n2)cc1. The molecule has 5 aromatic rings. The average molecular weight is 613 g/mol. The fraction of sp³-hybridized carbons (Fsp3) is 0.182. The summed E-state index contributed by atoms with van der Waals surface area (Å²) < 4.78 is 31.8. The van der Waals surface area contributed by atoms with Crippen LogP contribution in [-0.4, -0.2) is 32.3 Å². The number of amides is 3. The van der Waals surface area contributed by atoms with E-state index in [1.165, 1.54) is 31.2 Å². The van der Waals surface area contributed by atoms with Gasteiger partial charge in [0, 0.05) is 60.0 Å². The van der Waals surface area contributed by atoms with Gasteiger partial charge in [-0.15, -0.1) is 0 Å². The average Bonchev–Trinajstić information content (AvgIpc) is 3.47. The predicted octanol–water partition coefficient (Wildman–Crippen LogP) is 7.18. The van der Waals surface area contributed by atoms with Crippen LogP contribution in [0.15, 0.2) is 97.2 Å². The van der Waals surface area contributed by atoms with E-state index in [0.29, 0.717) is 35.9 Å². The summed E-state index contributed by atoms with van der Waals surface area (Å²) in [4.78, 5) is 33.3. The van der Waals surface area contributed by atoms with Crippen molar-refractivity contribution in [1.29, 1.82) is 0 Å². The van der Waals surface area contributed by atoms with Crippen LogP contribution in [-0.2, 0) is 11.2 Å². The molecule has 0 aliphatic carbocycles. The normalized spacial score (nSPS) is 11.6. The van der Waals surface area contributed by atoms with E-state index in [2.05, 4.69) is 30.3 Å². The third kappa shape index (κ3) is 8.51. The molecule has 2 heterocycles. The van der Waals surface area contributed by atoms with Crippen LogP contribution >= 0.6 is 11.5 Å². The fourth-order valence-electron chi connectivity index (χ4n) is 4.90. The van der Waals surface area contributed by atoms with Gasteiger partial charge in [0.25, 0.3) is 0 Å². The molecular weight excluding hydrogens is 582 g/mol. The third-order valence-electron chi connectivity index (χ3n) is 6.98. The van der Waals surface area contributed by atoms with Gasteiger partial charge in [0.15, 0.2) is 5.82 Å². The molecule has 3 aromatic carbocycles. The van der Waals surface area contributed by atoms with E-state index in [1.807, 2.05) is 18.2 Å². The Morgan fingerprint density at radius 2 is 1.48 bits per heavy atom. The van der Waals surface area contributed by atoms with Crippen LogP contribution in [0.5, 0.6) is 0 Å². The lowest BCUT2D eigenvalue weighted by Crippen LogP contribution is -2.39. The molecule has 8 nitrogen and oxygen atoms in total. The van der Waals surface area contributed by atoms with E-state index in [-0.39, 0.29) is 29.5 Å². The molecule has 3 N–H and O–H groups in total. The molecule has 5 rings (SSSR count). The summed E-state index contributed by atoms with van der Waals surface area (Å²) in [5.74, 6) is -0.523. The minimum absolute atomic E-state index is 0.143. The van der Waals surface area contributed by atoms with Crippen molar-refractivity contribution in [3.8, 4) is 11.4 Å². The van der Waals surface area contributed by atoms with Gasteiger partial charge in [-0.05, 0) is 84.6 Å². The number of carbonyl (C=O) groups is 2. The number of halogens is 2. The van der Waals surface area contributed by atoms with Gasteiger partial charge in [0.05, 0.1) is 0 Å². The molecular formula is C33H30F2N6O2S. The summed E-state index contributed by atoms with van der Waals surface area (Å²) in [7, 11) is 0. The van der Waals surface area contributed by atoms with Crippen molar-refractivity contribution in [2.75, 3.05) is 10.6 Å². The molecule has 0 aliphatic heterocycles. The molecule has 1 atom stereocenters. The lowest BCUT2D eigenvalue weighted by molar-refractivity contribution is -0.114. The molecule has 1 unspecified atom stereocenters. The van der Waals surface area contributed by atoms with Crippen LogP contribution in [0.25, 0.3) is 11.4 Å². The highest BCUT2D eigenvalue weighted by atomic mass is 32.1. The second-order valence-corrected chi connectivity index (χ2v) is 11.0. The molecule has 0 radical (unpaired) electrons. The van der Waals surface area contributed by atoms with E-state index < -0.39 is 6.03 Å². The number of urea groups is 1. The smallest absolute Gasteiger partial charge is 0.321 e. The zero-order valence-electron chi connectivity index (χ0n) is 23.8. The van der Waals surface area contributed by atoms with E-state index in [0.717, 1.165) is 33.9 Å². The zero-order valence-corrected chi connectivity index (χ0v) is 24.7. The molecule has 224 valence electrons. The Hall–Kier alpha value is -5.03. The fourth-order valence-corrected chi connectivity index (χ4v) is 5.48. The number of rotatable bonds is 11. The van der Waals surface area contributed by atoms with Crippen LogP contribution in [0.4, 0.5) is 24.4 Å². The molecule has 2 aromatic heterocycles. The number of pyridine rings is 1. The number of benzene rings is 3. The number of hydrogen-bond acceptors (Lipinski definition) is 6. The van der Waals surface area contributed by atoms with Crippen molar-refractivity contribution >= 4 is 34.3 Å². The molecule has 44 heavy (non-hydrogen) atoms. The topological polar surface area (TPSA) is 109 Å². The number of anilines is 2. The number of aromatic nitrogens is 3. The van der Waals surface area contributed by atoms with Crippen LogP contribution in [0.1, 0.15) is 42.5 Å². The van der Waals surface area contributed by atoms with E-state index in [9.17, 15) is 18.4 Å². The number of nitrogens with zero attached hydrogens (tertiary/aromatic N) is 3. The van der Waals surface area contributed by atoms with Gasteiger partial charge in [-0.3, -0.25) is 15.1 Å². The maximum absolute atomic E-state index is 13.7. The van der Waals surface area contributed by atoms with Gasteiger partial charge < -0.3 is 10.6 Å². The highest BCUT2D eigenvalue weighted by Gasteiger charge is 2.21. The lowest BCUT2D eigenvalue weighted by Gasteiger charge is -2.23. The first kappa shape index (κ1) is 30.4. The molecule has 0 spiro atoms. The first-order valence-electron chi connectivity index (χ1n) is 14.0. The number of carbonyl (C=O) groups excluding carboxylic acids is 2. The molecule has 11 heteroatoms. The van der Waals surface area contributed by atoms with Crippen molar-refractivity contribution in [1.82, 2.24) is 19.7 Å². The van der Waals surface area contributed by atoms with Gasteiger partial charge in [-0.2, -0.15) is 9.36 Å². The Morgan fingerprint density at radius 3 is 2.07 bits per heavy atom. The predicted molar refractivity (Wildman–Crippen MR) is 167 cm³/mol. The first-order valence-corrected chi connectivity index (χ1v) is 14.8. The molecule has 0 saturated carbocycles. The minimum atomic E-state index is -0.435. The molecule has 3 amide bonds. The summed E-state index contributed by atoms with van der Waals surface area (Å²) in [6, 6.07) is 24.6. The number of nitrogens with one attached hydrogen (secondary N) is 3. The summed E-state index contributed by atoms with van der Waals surface area (Å²) in [5.41, 5.74) is 4.01.